The standard InChI is InChI=1S/C14H14O2S/c1-17-14-5-3-2-4-13(14)16-12-8-6-11(10-15)7-9-12/h2-9,15H,10H2,1H3. The highest BCUT2D eigenvalue weighted by molar-refractivity contribution is 7.98. The molecule has 0 aliphatic heterocycles. The molecule has 0 aliphatic rings. The van der Waals surface area contributed by atoms with Gasteiger partial charge in [-0.15, -0.1) is 11.8 Å². The number of ether oxygens (including phenoxy) is 1. The van der Waals surface area contributed by atoms with Crippen LogP contribution >= 0.6 is 11.8 Å². The smallest absolute Gasteiger partial charge is 0.140 e. The summed E-state index contributed by atoms with van der Waals surface area (Å²) < 4.78 is 5.80. The molecule has 0 aliphatic carbocycles. The van der Waals surface area contributed by atoms with Crippen molar-refractivity contribution in [2.75, 3.05) is 6.26 Å². The highest BCUT2D eigenvalue weighted by Gasteiger charge is 2.02. The van der Waals surface area contributed by atoms with Crippen molar-refractivity contribution < 1.29 is 9.84 Å². The van der Waals surface area contributed by atoms with Crippen molar-refractivity contribution in [3.05, 3.63) is 54.1 Å². The van der Waals surface area contributed by atoms with Crippen molar-refractivity contribution in [2.45, 2.75) is 11.5 Å². The Hall–Kier alpha value is -1.45. The Morgan fingerprint density at radius 1 is 1.06 bits per heavy atom. The Bertz CT molecular complexity index is 480. The van der Waals surface area contributed by atoms with Gasteiger partial charge in [0, 0.05) is 4.90 Å². The van der Waals surface area contributed by atoms with E-state index in [1.165, 1.54) is 0 Å². The zero-order valence-corrected chi connectivity index (χ0v) is 10.4. The second-order valence-electron chi connectivity index (χ2n) is 3.55. The van der Waals surface area contributed by atoms with E-state index in [9.17, 15) is 0 Å². The second kappa shape index (κ2) is 5.75. The van der Waals surface area contributed by atoms with Crippen molar-refractivity contribution in [3.63, 3.8) is 0 Å². The fraction of sp³-hybridized carbons (Fsp3) is 0.143. The van der Waals surface area contributed by atoms with E-state index in [1.807, 2.05) is 54.8 Å². The Labute approximate surface area is 105 Å². The van der Waals surface area contributed by atoms with Gasteiger partial charge >= 0.3 is 0 Å². The Kier molecular flexibility index (Phi) is 4.07. The zero-order chi connectivity index (χ0) is 12.1. The van der Waals surface area contributed by atoms with E-state index in [2.05, 4.69) is 0 Å². The monoisotopic (exact) mass is 246 g/mol. The van der Waals surface area contributed by atoms with Gasteiger partial charge in [-0.2, -0.15) is 0 Å². The Morgan fingerprint density at radius 2 is 1.76 bits per heavy atom. The predicted molar refractivity (Wildman–Crippen MR) is 70.7 cm³/mol. The summed E-state index contributed by atoms with van der Waals surface area (Å²) in [6, 6.07) is 15.4. The van der Waals surface area contributed by atoms with Gasteiger partial charge in [-0.25, -0.2) is 0 Å². The molecule has 17 heavy (non-hydrogen) atoms. The lowest BCUT2D eigenvalue weighted by Crippen LogP contribution is -1.87. The summed E-state index contributed by atoms with van der Waals surface area (Å²) in [6.45, 7) is 0.0572. The van der Waals surface area contributed by atoms with Crippen molar-refractivity contribution >= 4 is 11.8 Å². The topological polar surface area (TPSA) is 29.5 Å². The third-order valence-corrected chi connectivity index (χ3v) is 3.18. The van der Waals surface area contributed by atoms with Crippen LogP contribution in [0.1, 0.15) is 5.56 Å². The van der Waals surface area contributed by atoms with Crippen molar-refractivity contribution in [3.8, 4) is 11.5 Å². The molecule has 88 valence electrons. The summed E-state index contributed by atoms with van der Waals surface area (Å²) >= 11 is 1.66. The third kappa shape index (κ3) is 3.02. The third-order valence-electron chi connectivity index (χ3n) is 2.40. The van der Waals surface area contributed by atoms with E-state index in [1.54, 1.807) is 11.8 Å². The van der Waals surface area contributed by atoms with E-state index in [-0.39, 0.29) is 6.61 Å². The van der Waals surface area contributed by atoms with Gasteiger partial charge in [0.05, 0.1) is 6.61 Å². The molecule has 0 saturated carbocycles. The molecule has 0 spiro atoms. The molecule has 2 nitrogen and oxygen atoms in total. The van der Waals surface area contributed by atoms with Crippen LogP contribution in [0, 0.1) is 0 Å². The average Bonchev–Trinajstić information content (AvgIpc) is 2.40. The number of hydrogen-bond donors (Lipinski definition) is 1. The minimum atomic E-state index is 0.0572. The van der Waals surface area contributed by atoms with E-state index in [0.717, 1.165) is 22.0 Å². The average molecular weight is 246 g/mol. The fourth-order valence-electron chi connectivity index (χ4n) is 1.49. The van der Waals surface area contributed by atoms with Gasteiger partial charge in [-0.1, -0.05) is 24.3 Å². The summed E-state index contributed by atoms with van der Waals surface area (Å²) in [5.41, 5.74) is 0.885. The SMILES string of the molecule is CSc1ccccc1Oc1ccc(CO)cc1. The number of aliphatic hydroxyl groups excluding tert-OH is 1. The quantitative estimate of drug-likeness (QED) is 0.834. The molecule has 2 rings (SSSR count). The summed E-state index contributed by atoms with van der Waals surface area (Å²) in [5.74, 6) is 1.64. The summed E-state index contributed by atoms with van der Waals surface area (Å²) in [7, 11) is 0. The van der Waals surface area contributed by atoms with Crippen molar-refractivity contribution in [1.29, 1.82) is 0 Å². The van der Waals surface area contributed by atoms with Crippen LogP contribution in [-0.4, -0.2) is 11.4 Å². The van der Waals surface area contributed by atoms with E-state index in [0.29, 0.717) is 0 Å². The lowest BCUT2D eigenvalue weighted by Gasteiger charge is -2.09. The minimum Gasteiger partial charge on any atom is -0.456 e. The van der Waals surface area contributed by atoms with Gasteiger partial charge in [0.1, 0.15) is 11.5 Å². The molecule has 0 aromatic heterocycles. The minimum absolute atomic E-state index is 0.0572. The van der Waals surface area contributed by atoms with Gasteiger partial charge < -0.3 is 9.84 Å². The zero-order valence-electron chi connectivity index (χ0n) is 9.59. The van der Waals surface area contributed by atoms with Crippen molar-refractivity contribution in [2.24, 2.45) is 0 Å². The molecule has 0 fully saturated rings. The molecule has 0 saturated heterocycles. The van der Waals surface area contributed by atoms with Crippen LogP contribution < -0.4 is 4.74 Å². The molecule has 0 amide bonds. The molecule has 0 radical (unpaired) electrons. The Morgan fingerprint density at radius 3 is 2.41 bits per heavy atom. The molecular weight excluding hydrogens is 232 g/mol. The van der Waals surface area contributed by atoms with Crippen molar-refractivity contribution in [1.82, 2.24) is 0 Å². The molecule has 3 heteroatoms. The molecule has 2 aromatic rings. The van der Waals surface area contributed by atoms with Gasteiger partial charge in [0.25, 0.3) is 0 Å². The number of thioether (sulfide) groups is 1. The molecule has 0 unspecified atom stereocenters. The van der Waals surface area contributed by atoms with Crippen LogP contribution in [0.3, 0.4) is 0 Å². The highest BCUT2D eigenvalue weighted by Crippen LogP contribution is 2.31. The first-order valence-corrected chi connectivity index (χ1v) is 6.56. The maximum atomic E-state index is 8.96. The van der Waals surface area contributed by atoms with Crippen LogP contribution in [0.4, 0.5) is 0 Å². The van der Waals surface area contributed by atoms with Gasteiger partial charge in [-0.05, 0) is 36.1 Å². The van der Waals surface area contributed by atoms with Gasteiger partial charge in [-0.3, -0.25) is 0 Å². The van der Waals surface area contributed by atoms with E-state index < -0.39 is 0 Å². The lowest BCUT2D eigenvalue weighted by atomic mass is 10.2. The second-order valence-corrected chi connectivity index (χ2v) is 4.40. The normalized spacial score (nSPS) is 10.2. The largest absolute Gasteiger partial charge is 0.456 e. The number of rotatable bonds is 4. The fourth-order valence-corrected chi connectivity index (χ4v) is 2.02. The molecular formula is C14H14O2S. The molecule has 2 aromatic carbocycles. The van der Waals surface area contributed by atoms with Gasteiger partial charge in [0.15, 0.2) is 0 Å². The molecule has 1 N–H and O–H groups in total. The van der Waals surface area contributed by atoms with Crippen LogP contribution in [0.2, 0.25) is 0 Å². The van der Waals surface area contributed by atoms with Crippen LogP contribution in [0.5, 0.6) is 11.5 Å². The van der Waals surface area contributed by atoms with Gasteiger partial charge in [0.2, 0.25) is 0 Å². The summed E-state index contributed by atoms with van der Waals surface area (Å²) in [5, 5.41) is 8.96. The summed E-state index contributed by atoms with van der Waals surface area (Å²) in [6.07, 6.45) is 2.02. The number of benzene rings is 2. The first kappa shape index (κ1) is 12.0. The van der Waals surface area contributed by atoms with Crippen LogP contribution in [0.15, 0.2) is 53.4 Å². The lowest BCUT2D eigenvalue weighted by molar-refractivity contribution is 0.281. The number of aliphatic hydroxyl groups is 1. The molecule has 0 atom stereocenters. The molecule has 0 heterocycles. The predicted octanol–water partition coefficient (Wildman–Crippen LogP) is 3.69. The van der Waals surface area contributed by atoms with E-state index in [4.69, 9.17) is 9.84 Å². The Balaban J connectivity index is 2.19. The molecule has 0 bridgehead atoms. The summed E-state index contributed by atoms with van der Waals surface area (Å²) in [4.78, 5) is 1.11. The first-order chi connectivity index (χ1) is 8.33. The maximum Gasteiger partial charge on any atom is 0.140 e. The van der Waals surface area contributed by atoms with Crippen LogP contribution in [0.25, 0.3) is 0 Å². The first-order valence-electron chi connectivity index (χ1n) is 5.34. The van der Waals surface area contributed by atoms with Crippen LogP contribution in [-0.2, 0) is 6.61 Å². The highest BCUT2D eigenvalue weighted by atomic mass is 32.2. The number of hydrogen-bond acceptors (Lipinski definition) is 3. The van der Waals surface area contributed by atoms with E-state index >= 15 is 0 Å². The maximum absolute atomic E-state index is 8.96. The number of para-hydroxylation sites is 1.